The molecule has 1 fully saturated rings. The second kappa shape index (κ2) is 6.08. The fourth-order valence-corrected chi connectivity index (χ4v) is 3.41. The van der Waals surface area contributed by atoms with Gasteiger partial charge in [-0.25, -0.2) is 4.98 Å². The molecule has 0 saturated carbocycles. The molecular weight excluding hydrogens is 278 g/mol. The number of fused-ring (bicyclic) bond motifs is 1. The summed E-state index contributed by atoms with van der Waals surface area (Å²) in [5.74, 6) is 0.870. The number of aromatic nitrogens is 2. The standard InChI is InChI=1S/C17H23N3O2/c1-3-13-4-5-15-16(10-13)20(12(2)18-15)14-6-8-19(9-7-14)17(22)11-21/h4-5,10,14,21H,3,6-9,11H2,1-2H3. The van der Waals surface area contributed by atoms with E-state index in [4.69, 9.17) is 5.11 Å². The van der Waals surface area contributed by atoms with E-state index in [1.807, 2.05) is 0 Å². The average Bonchev–Trinajstić information content (AvgIpc) is 2.89. The Balaban J connectivity index is 1.87. The van der Waals surface area contributed by atoms with Gasteiger partial charge >= 0.3 is 0 Å². The highest BCUT2D eigenvalue weighted by Gasteiger charge is 2.25. The minimum atomic E-state index is -0.391. The number of amides is 1. The number of imidazole rings is 1. The molecule has 22 heavy (non-hydrogen) atoms. The first-order valence-electron chi connectivity index (χ1n) is 8.00. The Morgan fingerprint density at radius 1 is 1.36 bits per heavy atom. The number of piperidine rings is 1. The average molecular weight is 301 g/mol. The lowest BCUT2D eigenvalue weighted by Gasteiger charge is -2.33. The molecule has 2 heterocycles. The number of likely N-dealkylation sites (tertiary alicyclic amines) is 1. The molecule has 1 aliphatic rings. The van der Waals surface area contributed by atoms with Crippen LogP contribution >= 0.6 is 0 Å². The number of hydrogen-bond acceptors (Lipinski definition) is 3. The van der Waals surface area contributed by atoms with Crippen LogP contribution in [0.5, 0.6) is 0 Å². The quantitative estimate of drug-likeness (QED) is 0.944. The van der Waals surface area contributed by atoms with E-state index in [-0.39, 0.29) is 5.91 Å². The molecule has 1 saturated heterocycles. The van der Waals surface area contributed by atoms with Crippen LogP contribution < -0.4 is 0 Å². The Labute approximate surface area is 130 Å². The van der Waals surface area contributed by atoms with E-state index in [9.17, 15) is 4.79 Å². The highest BCUT2D eigenvalue weighted by Crippen LogP contribution is 2.29. The SMILES string of the molecule is CCc1ccc2nc(C)n(C3CCN(C(=O)CO)CC3)c2c1. The van der Waals surface area contributed by atoms with Crippen LogP contribution in [-0.2, 0) is 11.2 Å². The van der Waals surface area contributed by atoms with Gasteiger partial charge in [-0.3, -0.25) is 4.79 Å². The molecule has 1 aromatic carbocycles. The summed E-state index contributed by atoms with van der Waals surface area (Å²) in [4.78, 5) is 18.0. The van der Waals surface area contributed by atoms with E-state index in [0.717, 1.165) is 30.6 Å². The van der Waals surface area contributed by atoms with E-state index in [1.165, 1.54) is 11.1 Å². The predicted octanol–water partition coefficient (Wildman–Crippen LogP) is 2.06. The summed E-state index contributed by atoms with van der Waals surface area (Å²) in [6.07, 6.45) is 2.84. The molecule has 5 heteroatoms. The molecule has 1 amide bonds. The third kappa shape index (κ3) is 2.61. The van der Waals surface area contributed by atoms with Crippen molar-refractivity contribution >= 4 is 16.9 Å². The number of aryl methyl sites for hydroxylation is 2. The second-order valence-corrected chi connectivity index (χ2v) is 5.98. The zero-order chi connectivity index (χ0) is 15.7. The van der Waals surface area contributed by atoms with Gasteiger partial charge in [0.15, 0.2) is 0 Å². The Bertz CT molecular complexity index is 685. The zero-order valence-electron chi connectivity index (χ0n) is 13.2. The summed E-state index contributed by atoms with van der Waals surface area (Å²) in [5.41, 5.74) is 3.56. The van der Waals surface area contributed by atoms with Crippen LogP contribution in [0.15, 0.2) is 18.2 Å². The molecule has 0 radical (unpaired) electrons. The lowest BCUT2D eigenvalue weighted by atomic mass is 10.0. The molecule has 1 aromatic heterocycles. The van der Waals surface area contributed by atoms with Crippen LogP contribution in [0, 0.1) is 6.92 Å². The third-order valence-corrected chi connectivity index (χ3v) is 4.66. The molecule has 2 aromatic rings. The first kappa shape index (κ1) is 15.0. The van der Waals surface area contributed by atoms with Gasteiger partial charge in [-0.15, -0.1) is 0 Å². The summed E-state index contributed by atoms with van der Waals surface area (Å²) in [6.45, 7) is 5.23. The van der Waals surface area contributed by atoms with Crippen molar-refractivity contribution in [1.82, 2.24) is 14.5 Å². The van der Waals surface area contributed by atoms with Gasteiger partial charge in [0, 0.05) is 19.1 Å². The monoisotopic (exact) mass is 301 g/mol. The fourth-order valence-electron chi connectivity index (χ4n) is 3.41. The lowest BCUT2D eigenvalue weighted by Crippen LogP contribution is -2.40. The van der Waals surface area contributed by atoms with Crippen LogP contribution in [0.4, 0.5) is 0 Å². The van der Waals surface area contributed by atoms with Gasteiger partial charge in [0.1, 0.15) is 12.4 Å². The summed E-state index contributed by atoms with van der Waals surface area (Å²) >= 11 is 0. The van der Waals surface area contributed by atoms with E-state index in [1.54, 1.807) is 4.90 Å². The smallest absolute Gasteiger partial charge is 0.248 e. The minimum Gasteiger partial charge on any atom is -0.387 e. The summed E-state index contributed by atoms with van der Waals surface area (Å²) in [7, 11) is 0. The van der Waals surface area contributed by atoms with Crippen molar-refractivity contribution in [3.05, 3.63) is 29.6 Å². The second-order valence-electron chi connectivity index (χ2n) is 5.98. The fraction of sp³-hybridized carbons (Fsp3) is 0.529. The Kier molecular flexibility index (Phi) is 4.16. The van der Waals surface area contributed by atoms with Gasteiger partial charge in [-0.1, -0.05) is 13.0 Å². The van der Waals surface area contributed by atoms with E-state index < -0.39 is 6.61 Å². The Morgan fingerprint density at radius 3 is 2.73 bits per heavy atom. The molecule has 0 bridgehead atoms. The maximum absolute atomic E-state index is 11.6. The number of benzene rings is 1. The normalized spacial score (nSPS) is 16.4. The van der Waals surface area contributed by atoms with Gasteiger partial charge in [0.05, 0.1) is 11.0 Å². The maximum Gasteiger partial charge on any atom is 0.248 e. The summed E-state index contributed by atoms with van der Waals surface area (Å²) in [5, 5.41) is 8.97. The molecule has 1 N–H and O–H groups in total. The third-order valence-electron chi connectivity index (χ3n) is 4.66. The Morgan fingerprint density at radius 2 is 2.09 bits per heavy atom. The van der Waals surface area contributed by atoms with Gasteiger partial charge < -0.3 is 14.6 Å². The molecule has 5 nitrogen and oxygen atoms in total. The molecule has 1 aliphatic heterocycles. The van der Waals surface area contributed by atoms with E-state index >= 15 is 0 Å². The van der Waals surface area contributed by atoms with Crippen molar-refractivity contribution in [2.45, 2.75) is 39.2 Å². The maximum atomic E-state index is 11.6. The molecule has 0 spiro atoms. The molecule has 118 valence electrons. The zero-order valence-corrected chi connectivity index (χ0v) is 13.2. The molecule has 3 rings (SSSR count). The van der Waals surface area contributed by atoms with Crippen LogP contribution in [-0.4, -0.2) is 45.2 Å². The van der Waals surface area contributed by atoms with Crippen molar-refractivity contribution in [2.24, 2.45) is 0 Å². The number of rotatable bonds is 3. The van der Waals surface area contributed by atoms with Crippen molar-refractivity contribution in [3.63, 3.8) is 0 Å². The summed E-state index contributed by atoms with van der Waals surface area (Å²) < 4.78 is 2.33. The van der Waals surface area contributed by atoms with Crippen LogP contribution in [0.3, 0.4) is 0 Å². The van der Waals surface area contributed by atoms with Crippen molar-refractivity contribution in [2.75, 3.05) is 19.7 Å². The number of hydrogen-bond donors (Lipinski definition) is 1. The number of nitrogens with zero attached hydrogens (tertiary/aromatic N) is 3. The van der Waals surface area contributed by atoms with E-state index in [0.29, 0.717) is 19.1 Å². The van der Waals surface area contributed by atoms with Crippen molar-refractivity contribution in [1.29, 1.82) is 0 Å². The molecule has 0 aliphatic carbocycles. The predicted molar refractivity (Wildman–Crippen MR) is 85.8 cm³/mol. The van der Waals surface area contributed by atoms with Gasteiger partial charge in [-0.05, 0) is 43.9 Å². The lowest BCUT2D eigenvalue weighted by molar-refractivity contribution is -0.135. The highest BCUT2D eigenvalue weighted by atomic mass is 16.3. The first-order valence-corrected chi connectivity index (χ1v) is 8.00. The summed E-state index contributed by atoms with van der Waals surface area (Å²) in [6, 6.07) is 6.85. The van der Waals surface area contributed by atoms with Gasteiger partial charge in [0.2, 0.25) is 5.91 Å². The topological polar surface area (TPSA) is 58.4 Å². The number of aliphatic hydroxyl groups is 1. The molecular formula is C17H23N3O2. The number of carbonyl (C=O) groups is 1. The number of aliphatic hydroxyl groups excluding tert-OH is 1. The molecule has 0 unspecified atom stereocenters. The van der Waals surface area contributed by atoms with Crippen molar-refractivity contribution in [3.8, 4) is 0 Å². The minimum absolute atomic E-state index is 0.168. The van der Waals surface area contributed by atoms with Crippen LogP contribution in [0.1, 0.15) is 37.2 Å². The van der Waals surface area contributed by atoms with Crippen molar-refractivity contribution < 1.29 is 9.90 Å². The van der Waals surface area contributed by atoms with Gasteiger partial charge in [0.25, 0.3) is 0 Å². The van der Waals surface area contributed by atoms with Crippen LogP contribution in [0.25, 0.3) is 11.0 Å². The largest absolute Gasteiger partial charge is 0.387 e. The highest BCUT2D eigenvalue weighted by molar-refractivity contribution is 5.78. The Hall–Kier alpha value is -1.88. The molecule has 0 atom stereocenters. The van der Waals surface area contributed by atoms with Crippen LogP contribution in [0.2, 0.25) is 0 Å². The van der Waals surface area contributed by atoms with E-state index in [2.05, 4.69) is 41.6 Å². The first-order chi connectivity index (χ1) is 10.6. The number of carbonyl (C=O) groups excluding carboxylic acids is 1. The van der Waals surface area contributed by atoms with Gasteiger partial charge in [-0.2, -0.15) is 0 Å².